The van der Waals surface area contributed by atoms with Crippen molar-refractivity contribution in [2.24, 2.45) is 0 Å². The van der Waals surface area contributed by atoms with Gasteiger partial charge in [0.15, 0.2) is 0 Å². The van der Waals surface area contributed by atoms with E-state index in [1.165, 1.54) is 0 Å². The molecule has 3 aromatic heterocycles. The van der Waals surface area contributed by atoms with Gasteiger partial charge in [-0.2, -0.15) is 5.10 Å². The number of aromatic nitrogens is 4. The summed E-state index contributed by atoms with van der Waals surface area (Å²) in [5.74, 6) is -0.202. The third kappa shape index (κ3) is 3.48. The number of carbonyl (C=O) groups is 1. The van der Waals surface area contributed by atoms with Crippen molar-refractivity contribution in [2.75, 3.05) is 6.54 Å². The van der Waals surface area contributed by atoms with Crippen LogP contribution in [0, 0.1) is 0 Å². The van der Waals surface area contributed by atoms with Crippen LogP contribution in [0.25, 0.3) is 16.7 Å². The van der Waals surface area contributed by atoms with Gasteiger partial charge in [0.2, 0.25) is 0 Å². The number of carbonyl (C=O) groups excluding carboxylic acids is 1. The molecule has 5 rings (SSSR count). The first-order valence-electron chi connectivity index (χ1n) is 10.1. The van der Waals surface area contributed by atoms with Gasteiger partial charge in [0, 0.05) is 37.9 Å². The zero-order valence-electron chi connectivity index (χ0n) is 16.5. The first kappa shape index (κ1) is 18.6. The Morgan fingerprint density at radius 2 is 1.97 bits per heavy atom. The van der Waals surface area contributed by atoms with E-state index < -0.39 is 5.60 Å². The predicted molar refractivity (Wildman–Crippen MR) is 114 cm³/mol. The van der Waals surface area contributed by atoms with Crippen LogP contribution in [0.3, 0.4) is 0 Å². The van der Waals surface area contributed by atoms with Crippen LogP contribution in [0.5, 0.6) is 0 Å². The first-order chi connectivity index (χ1) is 14.6. The zero-order chi connectivity index (χ0) is 20.6. The molecule has 0 radical (unpaired) electrons. The number of fused-ring (bicyclic) bond motifs is 1. The van der Waals surface area contributed by atoms with Gasteiger partial charge in [-0.3, -0.25) is 9.78 Å². The maximum Gasteiger partial charge on any atom is 0.255 e. The van der Waals surface area contributed by atoms with Crippen LogP contribution in [0.2, 0.25) is 0 Å². The van der Waals surface area contributed by atoms with E-state index in [4.69, 9.17) is 0 Å². The number of rotatable bonds is 6. The molecule has 1 saturated carbocycles. The molecule has 152 valence electrons. The van der Waals surface area contributed by atoms with Crippen molar-refractivity contribution < 1.29 is 9.90 Å². The molecular weight excluding hydrogens is 378 g/mol. The van der Waals surface area contributed by atoms with Crippen molar-refractivity contribution in [3.8, 4) is 5.69 Å². The van der Waals surface area contributed by atoms with Gasteiger partial charge >= 0.3 is 0 Å². The number of amides is 1. The lowest BCUT2D eigenvalue weighted by Gasteiger charge is -2.36. The third-order valence-electron chi connectivity index (χ3n) is 5.80. The Labute approximate surface area is 174 Å². The highest BCUT2D eigenvalue weighted by Gasteiger charge is 2.34. The van der Waals surface area contributed by atoms with Gasteiger partial charge in [0.05, 0.1) is 22.4 Å². The maximum absolute atomic E-state index is 12.8. The van der Waals surface area contributed by atoms with E-state index in [1.54, 1.807) is 12.4 Å². The molecule has 30 heavy (non-hydrogen) atoms. The summed E-state index contributed by atoms with van der Waals surface area (Å²) in [6.07, 6.45) is 9.69. The predicted octanol–water partition coefficient (Wildman–Crippen LogP) is 2.92. The van der Waals surface area contributed by atoms with Gasteiger partial charge in [-0.25, -0.2) is 4.68 Å². The molecule has 0 saturated heterocycles. The third-order valence-corrected chi connectivity index (χ3v) is 5.80. The number of benzene rings is 1. The summed E-state index contributed by atoms with van der Waals surface area (Å²) in [5, 5.41) is 17.4. The van der Waals surface area contributed by atoms with E-state index in [0.717, 1.165) is 36.0 Å². The highest BCUT2D eigenvalue weighted by Crippen LogP contribution is 2.31. The van der Waals surface area contributed by atoms with Crippen LogP contribution in [0.15, 0.2) is 67.3 Å². The second-order valence-corrected chi connectivity index (χ2v) is 7.92. The minimum Gasteiger partial charge on any atom is -0.388 e. The Bertz CT molecular complexity index is 1170. The van der Waals surface area contributed by atoms with Gasteiger partial charge in [-0.15, -0.1) is 0 Å². The van der Waals surface area contributed by atoms with Crippen molar-refractivity contribution in [2.45, 2.75) is 31.4 Å². The number of aliphatic hydroxyl groups is 1. The number of hydrogen-bond donors (Lipinski definition) is 2. The van der Waals surface area contributed by atoms with Gasteiger partial charge < -0.3 is 15.0 Å². The Morgan fingerprint density at radius 3 is 2.67 bits per heavy atom. The molecule has 7 nitrogen and oxygen atoms in total. The van der Waals surface area contributed by atoms with Gasteiger partial charge in [-0.05, 0) is 55.2 Å². The average Bonchev–Trinajstić information content (AvgIpc) is 3.40. The minimum absolute atomic E-state index is 0.202. The summed E-state index contributed by atoms with van der Waals surface area (Å²) in [7, 11) is 0. The van der Waals surface area contributed by atoms with Crippen molar-refractivity contribution >= 4 is 16.9 Å². The van der Waals surface area contributed by atoms with Crippen molar-refractivity contribution in [3.05, 3.63) is 78.4 Å². The number of nitrogens with zero attached hydrogens (tertiary/aromatic N) is 4. The smallest absolute Gasteiger partial charge is 0.255 e. The molecule has 4 aromatic rings. The highest BCUT2D eigenvalue weighted by atomic mass is 16.3. The lowest BCUT2D eigenvalue weighted by Crippen LogP contribution is -2.47. The van der Waals surface area contributed by atoms with Crippen LogP contribution in [-0.2, 0) is 6.54 Å². The van der Waals surface area contributed by atoms with Crippen LogP contribution in [0.1, 0.15) is 35.2 Å². The molecule has 1 aromatic carbocycles. The second kappa shape index (κ2) is 7.42. The molecule has 7 heteroatoms. The maximum atomic E-state index is 12.8. The molecule has 0 spiro atoms. The lowest BCUT2D eigenvalue weighted by atomic mass is 9.80. The molecule has 0 aliphatic heterocycles. The van der Waals surface area contributed by atoms with Crippen LogP contribution in [0.4, 0.5) is 0 Å². The molecule has 0 atom stereocenters. The SMILES string of the molecule is O=C(NCC1(O)CCC1)c1cn(Cc2ccc(-n3cccn3)cc2)c2cccnc12. The number of hydrogen-bond acceptors (Lipinski definition) is 4. The van der Waals surface area contributed by atoms with Crippen LogP contribution >= 0.6 is 0 Å². The van der Waals surface area contributed by atoms with E-state index in [2.05, 4.69) is 27.5 Å². The Morgan fingerprint density at radius 1 is 1.13 bits per heavy atom. The topological polar surface area (TPSA) is 85.0 Å². The first-order valence-corrected chi connectivity index (χ1v) is 10.1. The molecule has 2 N–H and O–H groups in total. The second-order valence-electron chi connectivity index (χ2n) is 7.92. The summed E-state index contributed by atoms with van der Waals surface area (Å²) in [6, 6.07) is 13.9. The number of pyridine rings is 1. The summed E-state index contributed by atoms with van der Waals surface area (Å²) in [5.41, 5.74) is 3.46. The largest absolute Gasteiger partial charge is 0.388 e. The molecule has 1 aliphatic carbocycles. The lowest BCUT2D eigenvalue weighted by molar-refractivity contribution is -0.0300. The fourth-order valence-corrected chi connectivity index (χ4v) is 3.89. The molecule has 0 unspecified atom stereocenters. The fraction of sp³-hybridized carbons (Fsp3) is 0.261. The molecule has 3 heterocycles. The number of nitrogens with one attached hydrogen (secondary N) is 1. The highest BCUT2D eigenvalue weighted by molar-refractivity contribution is 6.05. The van der Waals surface area contributed by atoms with Crippen molar-refractivity contribution in [3.63, 3.8) is 0 Å². The fourth-order valence-electron chi connectivity index (χ4n) is 3.89. The van der Waals surface area contributed by atoms with Gasteiger partial charge in [0.1, 0.15) is 5.52 Å². The zero-order valence-corrected chi connectivity index (χ0v) is 16.5. The van der Waals surface area contributed by atoms with Gasteiger partial charge in [-0.1, -0.05) is 12.1 Å². The van der Waals surface area contributed by atoms with Crippen molar-refractivity contribution in [1.29, 1.82) is 0 Å². The van der Waals surface area contributed by atoms with E-state index >= 15 is 0 Å². The molecule has 1 aliphatic rings. The monoisotopic (exact) mass is 401 g/mol. The Kier molecular flexibility index (Phi) is 4.59. The molecule has 1 amide bonds. The van der Waals surface area contributed by atoms with Crippen molar-refractivity contribution in [1.82, 2.24) is 24.6 Å². The van der Waals surface area contributed by atoms with E-state index in [-0.39, 0.29) is 12.5 Å². The molecule has 0 bridgehead atoms. The summed E-state index contributed by atoms with van der Waals surface area (Å²) in [4.78, 5) is 17.2. The van der Waals surface area contributed by atoms with Crippen LogP contribution < -0.4 is 5.32 Å². The average molecular weight is 401 g/mol. The molecule has 1 fully saturated rings. The summed E-state index contributed by atoms with van der Waals surface area (Å²) < 4.78 is 3.86. The van der Waals surface area contributed by atoms with E-state index in [1.807, 2.05) is 52.0 Å². The van der Waals surface area contributed by atoms with E-state index in [9.17, 15) is 9.90 Å². The van der Waals surface area contributed by atoms with Gasteiger partial charge in [0.25, 0.3) is 5.91 Å². The summed E-state index contributed by atoms with van der Waals surface area (Å²) >= 11 is 0. The Balaban J connectivity index is 1.39. The normalized spacial score (nSPS) is 15.1. The van der Waals surface area contributed by atoms with E-state index in [0.29, 0.717) is 17.6 Å². The quantitative estimate of drug-likeness (QED) is 0.520. The standard InChI is InChI=1S/C23H23N5O2/c29-22(25-16-23(30)9-2-10-23)19-15-27(20-4-1-11-24-21(19)20)14-17-5-7-18(8-6-17)28-13-3-12-26-28/h1,3-8,11-13,15,30H,2,9-10,14,16H2,(H,25,29). The minimum atomic E-state index is -0.752. The summed E-state index contributed by atoms with van der Waals surface area (Å²) in [6.45, 7) is 0.902. The Hall–Kier alpha value is -3.45. The molecular formula is C23H23N5O2. The van der Waals surface area contributed by atoms with Crippen LogP contribution in [-0.4, -0.2) is 42.5 Å².